The van der Waals surface area contributed by atoms with Gasteiger partial charge in [0.1, 0.15) is 24.0 Å². The van der Waals surface area contributed by atoms with Gasteiger partial charge in [-0.3, -0.25) is 0 Å². The van der Waals surface area contributed by atoms with E-state index in [2.05, 4.69) is 21.9 Å². The van der Waals surface area contributed by atoms with E-state index < -0.39 is 37.4 Å². The van der Waals surface area contributed by atoms with Gasteiger partial charge in [0, 0.05) is 5.56 Å². The van der Waals surface area contributed by atoms with Crippen LogP contribution in [0.1, 0.15) is 50.2 Å². The number of hydrogen-bond acceptors (Lipinski definition) is 6. The summed E-state index contributed by atoms with van der Waals surface area (Å²) in [5.41, 5.74) is 0.732. The molecule has 0 N–H and O–H groups in total. The zero-order valence-corrected chi connectivity index (χ0v) is 20.8. The molecule has 1 aromatic carbocycles. The van der Waals surface area contributed by atoms with Crippen molar-refractivity contribution in [3.05, 3.63) is 29.3 Å². The molecule has 2 rings (SSSR count). The fourth-order valence-electron chi connectivity index (χ4n) is 2.98. The lowest BCUT2D eigenvalue weighted by Gasteiger charge is -2.27. The maximum atomic E-state index is 14.3. The maximum absolute atomic E-state index is 14.3. The number of alkyl halides is 8. The van der Waals surface area contributed by atoms with Crippen LogP contribution in [0.3, 0.4) is 0 Å². The predicted molar refractivity (Wildman–Crippen MR) is 121 cm³/mol. The predicted octanol–water partition coefficient (Wildman–Crippen LogP) is 7.43. The van der Waals surface area contributed by atoms with Gasteiger partial charge in [0.15, 0.2) is 11.2 Å². The molecule has 0 saturated carbocycles. The van der Waals surface area contributed by atoms with E-state index in [0.717, 1.165) is 31.2 Å². The lowest BCUT2D eigenvalue weighted by atomic mass is 10.1. The highest BCUT2D eigenvalue weighted by molar-refractivity contribution is 7.14. The molecule has 210 valence electrons. The molecular weight excluding hydrogens is 536 g/mol. The van der Waals surface area contributed by atoms with Gasteiger partial charge >= 0.3 is 18.0 Å². The third-order valence-corrected chi connectivity index (χ3v) is 6.15. The lowest BCUT2D eigenvalue weighted by molar-refractivity contribution is -0.361. The molecule has 0 spiro atoms. The van der Waals surface area contributed by atoms with Gasteiger partial charge in [-0.15, -0.1) is 10.2 Å². The first kappa shape index (κ1) is 31.2. The second kappa shape index (κ2) is 14.2. The highest BCUT2D eigenvalue weighted by Gasteiger charge is 2.72. The minimum absolute atomic E-state index is 0.0177. The van der Waals surface area contributed by atoms with E-state index in [1.54, 1.807) is 24.3 Å². The molecule has 0 fully saturated rings. The van der Waals surface area contributed by atoms with Gasteiger partial charge in [-0.1, -0.05) is 43.9 Å². The van der Waals surface area contributed by atoms with E-state index in [0.29, 0.717) is 22.2 Å². The van der Waals surface area contributed by atoms with Gasteiger partial charge in [0.2, 0.25) is 0 Å². The van der Waals surface area contributed by atoms with Crippen LogP contribution in [0.15, 0.2) is 24.3 Å². The van der Waals surface area contributed by atoms with Crippen LogP contribution < -0.4 is 4.74 Å². The summed E-state index contributed by atoms with van der Waals surface area (Å²) in [6, 6.07) is 6.75. The molecule has 37 heavy (non-hydrogen) atoms. The third kappa shape index (κ3) is 9.32. The van der Waals surface area contributed by atoms with Crippen molar-refractivity contribution in [3.8, 4) is 16.3 Å². The zero-order chi connectivity index (χ0) is 27.5. The van der Waals surface area contributed by atoms with Crippen LogP contribution in [0.4, 0.5) is 35.1 Å². The summed E-state index contributed by atoms with van der Waals surface area (Å²) in [6.45, 7) is -0.913. The summed E-state index contributed by atoms with van der Waals surface area (Å²) in [5, 5.41) is 8.90. The second-order valence-electron chi connectivity index (χ2n) is 8.08. The summed E-state index contributed by atoms with van der Waals surface area (Å²) in [6.07, 6.45) is -3.20. The SMILES string of the molecule is CCCCCCC(F)c1nnc(-c2ccc(OCCOCCOCC(F)(F)C(F)(F)C(F)(F)F)cc2)s1. The molecule has 0 aliphatic carbocycles. The summed E-state index contributed by atoms with van der Waals surface area (Å²) in [7, 11) is 0. The first-order valence-corrected chi connectivity index (χ1v) is 12.4. The number of rotatable bonds is 17. The lowest BCUT2D eigenvalue weighted by Crippen LogP contribution is -2.54. The van der Waals surface area contributed by atoms with Crippen molar-refractivity contribution in [3.63, 3.8) is 0 Å². The van der Waals surface area contributed by atoms with Crippen molar-refractivity contribution in [1.82, 2.24) is 10.2 Å². The average molecular weight is 565 g/mol. The molecule has 2 aromatic rings. The van der Waals surface area contributed by atoms with E-state index in [1.165, 1.54) is 11.3 Å². The van der Waals surface area contributed by atoms with Gasteiger partial charge in [0.25, 0.3) is 0 Å². The van der Waals surface area contributed by atoms with Gasteiger partial charge in [-0.05, 0) is 30.7 Å². The van der Waals surface area contributed by atoms with Crippen LogP contribution in [0, 0.1) is 0 Å². The Hall–Kier alpha value is -2.06. The zero-order valence-electron chi connectivity index (χ0n) is 20.0. The Labute approximate surface area is 213 Å². The van der Waals surface area contributed by atoms with Crippen LogP contribution in [0.25, 0.3) is 10.6 Å². The Morgan fingerprint density at radius 1 is 0.838 bits per heavy atom. The van der Waals surface area contributed by atoms with E-state index in [1.807, 2.05) is 0 Å². The summed E-state index contributed by atoms with van der Waals surface area (Å²) in [4.78, 5) is 0. The molecular formula is C23H28F8N2O3S. The Kier molecular flexibility index (Phi) is 12.0. The number of unbranched alkanes of at least 4 members (excludes halogenated alkanes) is 3. The number of nitrogens with zero attached hydrogens (tertiary/aromatic N) is 2. The number of ether oxygens (including phenoxy) is 3. The van der Waals surface area contributed by atoms with Crippen LogP contribution in [0.5, 0.6) is 5.75 Å². The summed E-state index contributed by atoms with van der Waals surface area (Å²) in [5.74, 6) is -11.1. The molecule has 1 atom stereocenters. The van der Waals surface area contributed by atoms with Gasteiger partial charge < -0.3 is 14.2 Å². The quantitative estimate of drug-likeness (QED) is 0.148. The molecule has 1 heterocycles. The minimum atomic E-state index is -6.39. The van der Waals surface area contributed by atoms with Crippen molar-refractivity contribution in [2.45, 2.75) is 63.2 Å². The minimum Gasteiger partial charge on any atom is -0.491 e. The topological polar surface area (TPSA) is 53.5 Å². The molecule has 0 aliphatic heterocycles. The Bertz CT molecular complexity index is 925. The number of hydrogen-bond donors (Lipinski definition) is 0. The van der Waals surface area contributed by atoms with Crippen molar-refractivity contribution in [2.75, 3.05) is 33.0 Å². The summed E-state index contributed by atoms with van der Waals surface area (Å²) < 4.78 is 117. The van der Waals surface area contributed by atoms with E-state index in [9.17, 15) is 35.1 Å². The first-order valence-electron chi connectivity index (χ1n) is 11.6. The Morgan fingerprint density at radius 2 is 1.49 bits per heavy atom. The molecule has 0 saturated heterocycles. The first-order chi connectivity index (χ1) is 17.4. The average Bonchev–Trinajstić information content (AvgIpc) is 3.33. The molecule has 0 bridgehead atoms. The van der Waals surface area contributed by atoms with Gasteiger partial charge in [-0.25, -0.2) is 4.39 Å². The normalized spacial score (nSPS) is 13.6. The maximum Gasteiger partial charge on any atom is 0.459 e. The summed E-state index contributed by atoms with van der Waals surface area (Å²) >= 11 is 1.18. The monoisotopic (exact) mass is 564 g/mol. The standard InChI is InChI=1S/C23H28F8N2O3S/c1-2-3-4-5-6-18(24)20-33-32-19(37-20)16-7-9-17(10-8-16)36-14-13-34-11-12-35-15-21(25,26)22(27,28)23(29,30)31/h7-10,18H,2-6,11-15H2,1H3. The van der Waals surface area contributed by atoms with E-state index in [-0.39, 0.29) is 19.8 Å². The molecule has 0 radical (unpaired) electrons. The van der Waals surface area contributed by atoms with Crippen LogP contribution in [-0.4, -0.2) is 61.3 Å². The Balaban J connectivity index is 1.65. The molecule has 0 aliphatic rings. The fourth-order valence-corrected chi connectivity index (χ4v) is 3.84. The van der Waals surface area contributed by atoms with Crippen molar-refractivity contribution in [1.29, 1.82) is 0 Å². The molecule has 14 heteroatoms. The number of halogens is 8. The highest BCUT2D eigenvalue weighted by Crippen LogP contribution is 2.46. The second-order valence-corrected chi connectivity index (χ2v) is 9.09. The molecule has 1 unspecified atom stereocenters. The highest BCUT2D eigenvalue weighted by atomic mass is 32.1. The van der Waals surface area contributed by atoms with Crippen LogP contribution in [0.2, 0.25) is 0 Å². The smallest absolute Gasteiger partial charge is 0.459 e. The molecule has 1 aromatic heterocycles. The third-order valence-electron chi connectivity index (χ3n) is 5.09. The molecule has 0 amide bonds. The van der Waals surface area contributed by atoms with Crippen molar-refractivity contribution < 1.29 is 49.3 Å². The van der Waals surface area contributed by atoms with Gasteiger partial charge in [0.05, 0.1) is 19.8 Å². The largest absolute Gasteiger partial charge is 0.491 e. The molecule has 5 nitrogen and oxygen atoms in total. The van der Waals surface area contributed by atoms with Crippen molar-refractivity contribution >= 4 is 11.3 Å². The fraction of sp³-hybridized carbons (Fsp3) is 0.652. The van der Waals surface area contributed by atoms with Crippen LogP contribution >= 0.6 is 11.3 Å². The van der Waals surface area contributed by atoms with E-state index >= 15 is 0 Å². The van der Waals surface area contributed by atoms with E-state index in [4.69, 9.17) is 9.47 Å². The number of aromatic nitrogens is 2. The van der Waals surface area contributed by atoms with Crippen LogP contribution in [-0.2, 0) is 9.47 Å². The number of benzene rings is 1. The Morgan fingerprint density at radius 3 is 2.14 bits per heavy atom. The van der Waals surface area contributed by atoms with Gasteiger partial charge in [-0.2, -0.15) is 30.7 Å². The van der Waals surface area contributed by atoms with Crippen molar-refractivity contribution in [2.24, 2.45) is 0 Å².